The third-order valence-corrected chi connectivity index (χ3v) is 7.14. The predicted octanol–water partition coefficient (Wildman–Crippen LogP) is 3.53. The fraction of sp³-hybridized carbons (Fsp3) is 0.696. The summed E-state index contributed by atoms with van der Waals surface area (Å²) in [6.07, 6.45) is 5.39. The molecule has 1 unspecified atom stereocenters. The zero-order valence-electron chi connectivity index (χ0n) is 16.7. The molecule has 4 rings (SSSR count). The standard InChI is InChI=1S/C23H34N2O2/c1-2-24-17-21(19-6-4-3-5-7-19)16-23(18-24)10-12-25(13-11-23)22(26)20-8-14-27-15-9-20/h3-7,20-21H,2,8-18H2,1H3. The van der Waals surface area contributed by atoms with Gasteiger partial charge in [0.1, 0.15) is 0 Å². The van der Waals surface area contributed by atoms with Gasteiger partial charge in [-0.15, -0.1) is 0 Å². The summed E-state index contributed by atoms with van der Waals surface area (Å²) in [6, 6.07) is 11.0. The Balaban J connectivity index is 1.41. The van der Waals surface area contributed by atoms with Crippen molar-refractivity contribution in [3.8, 4) is 0 Å². The molecule has 1 aromatic carbocycles. The Kier molecular flexibility index (Phi) is 5.84. The molecule has 1 aromatic rings. The summed E-state index contributed by atoms with van der Waals surface area (Å²) in [5.41, 5.74) is 1.86. The van der Waals surface area contributed by atoms with Gasteiger partial charge in [0.05, 0.1) is 0 Å². The van der Waals surface area contributed by atoms with Gasteiger partial charge in [-0.1, -0.05) is 37.3 Å². The second kappa shape index (κ2) is 8.32. The van der Waals surface area contributed by atoms with E-state index in [-0.39, 0.29) is 5.92 Å². The molecule has 3 heterocycles. The van der Waals surface area contributed by atoms with Crippen LogP contribution in [-0.4, -0.2) is 61.6 Å². The van der Waals surface area contributed by atoms with Gasteiger partial charge in [0.15, 0.2) is 0 Å². The highest BCUT2D eigenvalue weighted by molar-refractivity contribution is 5.79. The van der Waals surface area contributed by atoms with Crippen LogP contribution in [0.15, 0.2) is 30.3 Å². The molecule has 4 nitrogen and oxygen atoms in total. The summed E-state index contributed by atoms with van der Waals surface area (Å²) in [6.45, 7) is 9.15. The van der Waals surface area contributed by atoms with Crippen LogP contribution < -0.4 is 0 Å². The van der Waals surface area contributed by atoms with Crippen molar-refractivity contribution < 1.29 is 9.53 Å². The Labute approximate surface area is 163 Å². The minimum Gasteiger partial charge on any atom is -0.381 e. The molecule has 0 aliphatic carbocycles. The number of piperidine rings is 2. The minimum atomic E-state index is 0.198. The Morgan fingerprint density at radius 2 is 1.85 bits per heavy atom. The van der Waals surface area contributed by atoms with E-state index in [9.17, 15) is 4.79 Å². The van der Waals surface area contributed by atoms with E-state index in [4.69, 9.17) is 4.74 Å². The molecule has 3 aliphatic rings. The smallest absolute Gasteiger partial charge is 0.225 e. The van der Waals surface area contributed by atoms with Gasteiger partial charge in [0.25, 0.3) is 0 Å². The number of hydrogen-bond acceptors (Lipinski definition) is 3. The van der Waals surface area contributed by atoms with E-state index in [1.165, 1.54) is 25.1 Å². The number of likely N-dealkylation sites (tertiary alicyclic amines) is 2. The van der Waals surface area contributed by atoms with E-state index in [1.54, 1.807) is 0 Å². The molecule has 3 aliphatic heterocycles. The zero-order chi connectivity index (χ0) is 18.7. The lowest BCUT2D eigenvalue weighted by Gasteiger charge is -2.50. The van der Waals surface area contributed by atoms with Gasteiger partial charge in [-0.2, -0.15) is 0 Å². The fourth-order valence-corrected chi connectivity index (χ4v) is 5.46. The monoisotopic (exact) mass is 370 g/mol. The molecule has 1 spiro atoms. The number of hydrogen-bond donors (Lipinski definition) is 0. The molecule has 27 heavy (non-hydrogen) atoms. The largest absolute Gasteiger partial charge is 0.381 e. The Morgan fingerprint density at radius 3 is 2.52 bits per heavy atom. The molecule has 0 saturated carbocycles. The molecule has 0 bridgehead atoms. The highest BCUT2D eigenvalue weighted by Gasteiger charge is 2.43. The van der Waals surface area contributed by atoms with Crippen LogP contribution in [0, 0.1) is 11.3 Å². The highest BCUT2D eigenvalue weighted by atomic mass is 16.5. The number of benzene rings is 1. The first-order valence-electron chi connectivity index (χ1n) is 10.8. The van der Waals surface area contributed by atoms with Gasteiger partial charge < -0.3 is 14.5 Å². The second-order valence-electron chi connectivity index (χ2n) is 8.85. The van der Waals surface area contributed by atoms with Crippen LogP contribution >= 0.6 is 0 Å². The molecule has 0 N–H and O–H groups in total. The molecule has 3 saturated heterocycles. The lowest BCUT2D eigenvalue weighted by molar-refractivity contribution is -0.141. The maximum atomic E-state index is 12.9. The normalized spacial score (nSPS) is 27.0. The molecule has 0 aromatic heterocycles. The van der Waals surface area contributed by atoms with Gasteiger partial charge in [-0.05, 0) is 55.5 Å². The van der Waals surface area contributed by atoms with Crippen molar-refractivity contribution in [1.29, 1.82) is 0 Å². The maximum absolute atomic E-state index is 12.9. The average molecular weight is 371 g/mol. The first-order valence-corrected chi connectivity index (χ1v) is 10.8. The lowest BCUT2D eigenvalue weighted by Crippen LogP contribution is -2.53. The number of likely N-dealkylation sites (N-methyl/N-ethyl adjacent to an activating group) is 1. The summed E-state index contributed by atoms with van der Waals surface area (Å²) >= 11 is 0. The summed E-state index contributed by atoms with van der Waals surface area (Å²) in [5.74, 6) is 1.21. The van der Waals surface area contributed by atoms with E-state index < -0.39 is 0 Å². The summed E-state index contributed by atoms with van der Waals surface area (Å²) in [5, 5.41) is 0. The maximum Gasteiger partial charge on any atom is 0.225 e. The topological polar surface area (TPSA) is 32.8 Å². The van der Waals surface area contributed by atoms with Gasteiger partial charge >= 0.3 is 0 Å². The SMILES string of the molecule is CCN1CC(c2ccccc2)CC2(CCN(C(=O)C3CCOCC3)CC2)C1. The van der Waals surface area contributed by atoms with E-state index in [0.29, 0.717) is 17.2 Å². The van der Waals surface area contributed by atoms with Gasteiger partial charge in [-0.25, -0.2) is 0 Å². The number of amides is 1. The quantitative estimate of drug-likeness (QED) is 0.816. The molecular formula is C23H34N2O2. The van der Waals surface area contributed by atoms with Crippen molar-refractivity contribution in [2.45, 2.75) is 44.9 Å². The van der Waals surface area contributed by atoms with Crippen molar-refractivity contribution in [3.63, 3.8) is 0 Å². The molecule has 1 amide bonds. The van der Waals surface area contributed by atoms with Crippen LogP contribution in [0.5, 0.6) is 0 Å². The van der Waals surface area contributed by atoms with Crippen molar-refractivity contribution in [2.75, 3.05) is 45.9 Å². The van der Waals surface area contributed by atoms with E-state index in [1.807, 2.05) is 0 Å². The summed E-state index contributed by atoms with van der Waals surface area (Å²) in [7, 11) is 0. The first kappa shape index (κ1) is 18.9. The van der Waals surface area contributed by atoms with Gasteiger partial charge in [-0.3, -0.25) is 4.79 Å². The molecule has 1 atom stereocenters. The van der Waals surface area contributed by atoms with Crippen molar-refractivity contribution >= 4 is 5.91 Å². The van der Waals surface area contributed by atoms with Crippen LogP contribution in [0.4, 0.5) is 0 Å². The van der Waals surface area contributed by atoms with Crippen molar-refractivity contribution in [3.05, 3.63) is 35.9 Å². The van der Waals surface area contributed by atoms with Crippen molar-refractivity contribution in [2.24, 2.45) is 11.3 Å². The van der Waals surface area contributed by atoms with Crippen LogP contribution in [0.2, 0.25) is 0 Å². The Bertz CT molecular complexity index is 619. The summed E-state index contributed by atoms with van der Waals surface area (Å²) in [4.78, 5) is 17.7. The van der Waals surface area contributed by atoms with Crippen LogP contribution in [-0.2, 0) is 9.53 Å². The molecule has 148 valence electrons. The predicted molar refractivity (Wildman–Crippen MR) is 108 cm³/mol. The average Bonchev–Trinajstić information content (AvgIpc) is 2.75. The van der Waals surface area contributed by atoms with Crippen molar-refractivity contribution in [1.82, 2.24) is 9.80 Å². The minimum absolute atomic E-state index is 0.198. The first-order chi connectivity index (χ1) is 13.2. The second-order valence-corrected chi connectivity index (χ2v) is 8.85. The van der Waals surface area contributed by atoms with Crippen LogP contribution in [0.1, 0.15) is 50.5 Å². The van der Waals surface area contributed by atoms with E-state index >= 15 is 0 Å². The van der Waals surface area contributed by atoms with Crippen LogP contribution in [0.3, 0.4) is 0 Å². The number of rotatable bonds is 3. The number of carbonyl (C=O) groups is 1. The lowest BCUT2D eigenvalue weighted by atomic mass is 9.68. The van der Waals surface area contributed by atoms with Gasteiger partial charge in [0, 0.05) is 45.3 Å². The summed E-state index contributed by atoms with van der Waals surface area (Å²) < 4.78 is 5.43. The van der Waals surface area contributed by atoms with Crippen LogP contribution in [0.25, 0.3) is 0 Å². The van der Waals surface area contributed by atoms with Gasteiger partial charge in [0.2, 0.25) is 5.91 Å². The third kappa shape index (κ3) is 4.22. The van der Waals surface area contributed by atoms with E-state index in [0.717, 1.165) is 58.5 Å². The molecule has 3 fully saturated rings. The number of ether oxygens (including phenoxy) is 1. The fourth-order valence-electron chi connectivity index (χ4n) is 5.46. The molecule has 4 heteroatoms. The molecular weight excluding hydrogens is 336 g/mol. The Hall–Kier alpha value is -1.39. The third-order valence-electron chi connectivity index (χ3n) is 7.14. The zero-order valence-corrected chi connectivity index (χ0v) is 16.7. The molecule has 0 radical (unpaired) electrons. The number of carbonyl (C=O) groups excluding carboxylic acids is 1. The Morgan fingerprint density at radius 1 is 1.15 bits per heavy atom. The number of nitrogens with zero attached hydrogens (tertiary/aromatic N) is 2. The highest BCUT2D eigenvalue weighted by Crippen LogP contribution is 2.45. The van der Waals surface area contributed by atoms with E-state index in [2.05, 4.69) is 47.1 Å².